The van der Waals surface area contributed by atoms with Crippen molar-refractivity contribution in [3.05, 3.63) is 23.5 Å². The van der Waals surface area contributed by atoms with Crippen molar-refractivity contribution in [3.63, 3.8) is 0 Å². The largest absolute Gasteiger partial charge is 0.415 e. The Morgan fingerprint density at radius 3 is 2.43 bits per heavy atom. The predicted molar refractivity (Wildman–Crippen MR) is 87.6 cm³/mol. The summed E-state index contributed by atoms with van der Waals surface area (Å²) in [5.41, 5.74) is 0. The second kappa shape index (κ2) is 6.74. The molecule has 0 saturated heterocycles. The maximum absolute atomic E-state index is 12.0. The average molecular weight is 351 g/mol. The summed E-state index contributed by atoms with van der Waals surface area (Å²) in [6.07, 6.45) is 1.24. The van der Waals surface area contributed by atoms with E-state index in [0.717, 1.165) is 0 Å². The minimum atomic E-state index is -3.57. The Morgan fingerprint density at radius 2 is 1.95 bits per heavy atom. The number of hydrogen-bond donors (Lipinski definition) is 1. The van der Waals surface area contributed by atoms with Gasteiger partial charge in [-0.3, -0.25) is 0 Å². The Labute approximate surface area is 133 Å². The SMILES string of the molecule is CC(C)(C)[Si](C)(C)OCCNS(=O)(=O)c1ccc(Cl)nc1. The van der Waals surface area contributed by atoms with Gasteiger partial charge in [-0.05, 0) is 30.3 Å². The van der Waals surface area contributed by atoms with Crippen molar-refractivity contribution in [2.75, 3.05) is 13.2 Å². The van der Waals surface area contributed by atoms with Crippen LogP contribution in [-0.4, -0.2) is 34.9 Å². The molecule has 0 aliphatic rings. The summed E-state index contributed by atoms with van der Waals surface area (Å²) in [5, 5.41) is 0.363. The smallest absolute Gasteiger partial charge is 0.242 e. The number of halogens is 1. The molecule has 1 aromatic heterocycles. The van der Waals surface area contributed by atoms with Crippen molar-refractivity contribution in [2.45, 2.75) is 43.8 Å². The van der Waals surface area contributed by atoms with Crippen LogP contribution >= 0.6 is 11.6 Å². The van der Waals surface area contributed by atoms with Gasteiger partial charge in [-0.15, -0.1) is 0 Å². The Morgan fingerprint density at radius 1 is 1.33 bits per heavy atom. The van der Waals surface area contributed by atoms with E-state index in [0.29, 0.717) is 6.61 Å². The molecule has 0 aliphatic heterocycles. The normalized spacial score (nSPS) is 13.4. The van der Waals surface area contributed by atoms with Gasteiger partial charge >= 0.3 is 0 Å². The molecule has 0 bridgehead atoms. The van der Waals surface area contributed by atoms with Gasteiger partial charge in [0.2, 0.25) is 10.0 Å². The fourth-order valence-electron chi connectivity index (χ4n) is 1.30. The third-order valence-corrected chi connectivity index (χ3v) is 9.88. The van der Waals surface area contributed by atoms with Crippen LogP contribution in [0.5, 0.6) is 0 Å². The zero-order chi connectivity index (χ0) is 16.3. The monoisotopic (exact) mass is 350 g/mol. The summed E-state index contributed by atoms with van der Waals surface area (Å²) in [5.74, 6) is 0. The van der Waals surface area contributed by atoms with Crippen LogP contribution in [0.2, 0.25) is 23.3 Å². The van der Waals surface area contributed by atoms with Crippen LogP contribution in [0.15, 0.2) is 23.2 Å². The number of sulfonamides is 1. The highest BCUT2D eigenvalue weighted by Gasteiger charge is 2.36. The number of pyridine rings is 1. The van der Waals surface area contributed by atoms with Crippen LogP contribution in [-0.2, 0) is 14.4 Å². The molecule has 5 nitrogen and oxygen atoms in total. The third-order valence-electron chi connectivity index (χ3n) is 3.67. The molecule has 0 aliphatic carbocycles. The van der Waals surface area contributed by atoms with Gasteiger partial charge < -0.3 is 4.43 Å². The van der Waals surface area contributed by atoms with E-state index in [9.17, 15) is 8.42 Å². The summed E-state index contributed by atoms with van der Waals surface area (Å²) in [6.45, 7) is 11.3. The van der Waals surface area contributed by atoms with Crippen molar-refractivity contribution in [1.29, 1.82) is 0 Å². The molecule has 0 aromatic carbocycles. The van der Waals surface area contributed by atoms with Crippen molar-refractivity contribution >= 4 is 29.9 Å². The third kappa shape index (κ3) is 5.34. The van der Waals surface area contributed by atoms with Crippen molar-refractivity contribution in [1.82, 2.24) is 9.71 Å². The van der Waals surface area contributed by atoms with Crippen LogP contribution in [0.1, 0.15) is 20.8 Å². The quantitative estimate of drug-likeness (QED) is 0.486. The van der Waals surface area contributed by atoms with E-state index >= 15 is 0 Å². The molecule has 0 fully saturated rings. The first-order chi connectivity index (χ1) is 9.46. The Balaban J connectivity index is 2.54. The Bertz CT molecular complexity index is 568. The van der Waals surface area contributed by atoms with Gasteiger partial charge in [0.15, 0.2) is 8.32 Å². The van der Waals surface area contributed by atoms with Gasteiger partial charge in [0.1, 0.15) is 10.0 Å². The summed E-state index contributed by atoms with van der Waals surface area (Å²) in [7, 11) is -5.42. The van der Waals surface area contributed by atoms with Crippen molar-refractivity contribution in [3.8, 4) is 0 Å². The standard InChI is InChI=1S/C13H23ClN2O3SSi/c1-13(2,3)21(4,5)19-9-8-16-20(17,18)11-6-7-12(14)15-10-11/h6-7,10,16H,8-9H2,1-5H3. The van der Waals surface area contributed by atoms with E-state index in [1.54, 1.807) is 0 Å². The van der Waals surface area contributed by atoms with E-state index in [1.165, 1.54) is 18.3 Å². The molecule has 1 rings (SSSR count). The molecule has 0 atom stereocenters. The topological polar surface area (TPSA) is 68.3 Å². The van der Waals surface area contributed by atoms with Crippen molar-refractivity contribution < 1.29 is 12.8 Å². The van der Waals surface area contributed by atoms with Crippen molar-refractivity contribution in [2.24, 2.45) is 0 Å². The lowest BCUT2D eigenvalue weighted by Crippen LogP contribution is -2.42. The fourth-order valence-corrected chi connectivity index (χ4v) is 3.42. The number of rotatable bonds is 6. The Hall–Kier alpha value is -0.473. The summed E-state index contributed by atoms with van der Waals surface area (Å²) < 4.78 is 32.5. The lowest BCUT2D eigenvalue weighted by molar-refractivity contribution is 0.293. The lowest BCUT2D eigenvalue weighted by atomic mass is 10.2. The number of aromatic nitrogens is 1. The molecule has 0 radical (unpaired) electrons. The average Bonchev–Trinajstić information content (AvgIpc) is 2.34. The zero-order valence-electron chi connectivity index (χ0n) is 13.1. The highest BCUT2D eigenvalue weighted by Crippen LogP contribution is 2.36. The second-order valence-electron chi connectivity index (χ2n) is 6.32. The minimum Gasteiger partial charge on any atom is -0.415 e. The van der Waals surface area contributed by atoms with Gasteiger partial charge in [-0.2, -0.15) is 0 Å². The van der Waals surface area contributed by atoms with Crippen LogP contribution in [0.25, 0.3) is 0 Å². The molecular weight excluding hydrogens is 328 g/mol. The summed E-state index contributed by atoms with van der Waals surface area (Å²) in [4.78, 5) is 3.86. The number of hydrogen-bond acceptors (Lipinski definition) is 4. The van der Waals surface area contributed by atoms with Crippen LogP contribution in [0.3, 0.4) is 0 Å². The number of nitrogens with one attached hydrogen (secondary N) is 1. The van der Waals surface area contributed by atoms with Crippen LogP contribution in [0, 0.1) is 0 Å². The molecule has 1 N–H and O–H groups in total. The first kappa shape index (κ1) is 18.6. The highest BCUT2D eigenvalue weighted by atomic mass is 35.5. The Kier molecular flexibility index (Phi) is 5.96. The molecule has 0 saturated carbocycles. The van der Waals surface area contributed by atoms with Crippen LogP contribution < -0.4 is 4.72 Å². The molecule has 0 amide bonds. The van der Waals surface area contributed by atoms with E-state index in [4.69, 9.17) is 16.0 Å². The van der Waals surface area contributed by atoms with Gasteiger partial charge in [0, 0.05) is 19.3 Å². The first-order valence-electron chi connectivity index (χ1n) is 6.71. The highest BCUT2D eigenvalue weighted by molar-refractivity contribution is 7.89. The van der Waals surface area contributed by atoms with Gasteiger partial charge in [0.25, 0.3) is 0 Å². The number of nitrogens with zero attached hydrogens (tertiary/aromatic N) is 1. The van der Waals surface area contributed by atoms with E-state index in [2.05, 4.69) is 43.6 Å². The molecule has 120 valence electrons. The molecule has 1 aromatic rings. The first-order valence-corrected chi connectivity index (χ1v) is 11.5. The molecular formula is C13H23ClN2O3SSi. The summed E-state index contributed by atoms with van der Waals surface area (Å²) in [6, 6.07) is 2.87. The molecule has 8 heteroatoms. The lowest BCUT2D eigenvalue weighted by Gasteiger charge is -2.36. The molecule has 1 heterocycles. The maximum atomic E-state index is 12.0. The van der Waals surface area contributed by atoms with Crippen LogP contribution in [0.4, 0.5) is 0 Å². The van der Waals surface area contributed by atoms with Gasteiger partial charge in [-0.25, -0.2) is 18.1 Å². The van der Waals surface area contributed by atoms with E-state index < -0.39 is 18.3 Å². The predicted octanol–water partition coefficient (Wildman–Crippen LogP) is 3.04. The maximum Gasteiger partial charge on any atom is 0.242 e. The van der Waals surface area contributed by atoms with E-state index in [1.807, 2.05) is 0 Å². The molecule has 0 unspecified atom stereocenters. The van der Waals surface area contributed by atoms with Gasteiger partial charge in [-0.1, -0.05) is 32.4 Å². The summed E-state index contributed by atoms with van der Waals surface area (Å²) >= 11 is 5.64. The minimum absolute atomic E-state index is 0.0965. The fraction of sp³-hybridized carbons (Fsp3) is 0.615. The van der Waals surface area contributed by atoms with E-state index in [-0.39, 0.29) is 21.6 Å². The molecule has 0 spiro atoms. The second-order valence-corrected chi connectivity index (χ2v) is 13.3. The zero-order valence-corrected chi connectivity index (χ0v) is 15.7. The molecule has 21 heavy (non-hydrogen) atoms. The van der Waals surface area contributed by atoms with Gasteiger partial charge in [0.05, 0.1) is 0 Å².